The Balaban J connectivity index is 1.38. The van der Waals surface area contributed by atoms with E-state index < -0.39 is 0 Å². The summed E-state index contributed by atoms with van der Waals surface area (Å²) in [5.74, 6) is 2.91. The molecule has 3 atom stereocenters. The highest BCUT2D eigenvalue weighted by molar-refractivity contribution is 8.26. The van der Waals surface area contributed by atoms with E-state index in [9.17, 15) is 4.79 Å². The van der Waals surface area contributed by atoms with Crippen LogP contribution in [0.2, 0.25) is 0 Å². The lowest BCUT2D eigenvalue weighted by molar-refractivity contribution is -0.124. The largest absolute Gasteiger partial charge is 0.497 e. The van der Waals surface area contributed by atoms with E-state index in [0.717, 1.165) is 40.8 Å². The van der Waals surface area contributed by atoms with Crippen molar-refractivity contribution in [3.8, 4) is 22.8 Å². The van der Waals surface area contributed by atoms with Crippen molar-refractivity contribution in [1.29, 1.82) is 0 Å². The highest BCUT2D eigenvalue weighted by Gasteiger charge is 2.47. The molecule has 5 rings (SSSR count). The molecule has 0 radical (unpaired) electrons. The lowest BCUT2D eigenvalue weighted by Gasteiger charge is -2.30. The molecule has 7 heteroatoms. The first-order chi connectivity index (χ1) is 14.6. The van der Waals surface area contributed by atoms with Crippen molar-refractivity contribution in [3.05, 3.63) is 40.9 Å². The van der Waals surface area contributed by atoms with Crippen LogP contribution < -0.4 is 9.47 Å². The summed E-state index contributed by atoms with van der Waals surface area (Å²) in [7, 11) is 3.27. The van der Waals surface area contributed by atoms with E-state index in [1.165, 1.54) is 31.0 Å². The first-order valence-corrected chi connectivity index (χ1v) is 11.5. The third-order valence-electron chi connectivity index (χ3n) is 6.51. The summed E-state index contributed by atoms with van der Waals surface area (Å²) < 4.78 is 11.4. The van der Waals surface area contributed by atoms with Gasteiger partial charge in [0, 0.05) is 29.1 Å². The predicted molar refractivity (Wildman–Crippen MR) is 124 cm³/mol. The minimum atomic E-state index is 0.0572. The molecule has 1 saturated heterocycles. The number of nitrogens with zero attached hydrogens (tertiary/aromatic N) is 1. The van der Waals surface area contributed by atoms with Gasteiger partial charge in [0.1, 0.15) is 15.8 Å². The molecule has 2 aromatic rings. The smallest absolute Gasteiger partial charge is 0.266 e. The van der Waals surface area contributed by atoms with Crippen LogP contribution >= 0.6 is 24.0 Å². The third kappa shape index (κ3) is 3.44. The average Bonchev–Trinajstić information content (AvgIpc) is 3.53. The first-order valence-electron chi connectivity index (χ1n) is 10.2. The number of thioether (sulfide) groups is 1. The Bertz CT molecular complexity index is 1020. The Hall–Kier alpha value is -2.25. The SMILES string of the molecule is COc1cc(OC)cc(-c2ccc(/C=C3\SC(=S)N(C4CC5CCC4C5)C3=O)[nH]2)c1. The summed E-state index contributed by atoms with van der Waals surface area (Å²) in [5.41, 5.74) is 2.77. The second-order valence-corrected chi connectivity index (χ2v) is 9.90. The Labute approximate surface area is 185 Å². The van der Waals surface area contributed by atoms with Gasteiger partial charge in [-0.25, -0.2) is 0 Å². The molecule has 1 aromatic carbocycles. The summed E-state index contributed by atoms with van der Waals surface area (Å²) in [6, 6.07) is 10.0. The zero-order chi connectivity index (χ0) is 20.8. The molecule has 3 aliphatic rings. The molecule has 2 aliphatic carbocycles. The molecule has 3 unspecified atom stereocenters. The number of aromatic amines is 1. The average molecular weight is 441 g/mol. The van der Waals surface area contributed by atoms with Crippen LogP contribution in [0.3, 0.4) is 0 Å². The van der Waals surface area contributed by atoms with Gasteiger partial charge in [-0.1, -0.05) is 30.4 Å². The minimum absolute atomic E-state index is 0.0572. The summed E-state index contributed by atoms with van der Waals surface area (Å²) >= 11 is 7.01. The van der Waals surface area contributed by atoms with Gasteiger partial charge in [-0.15, -0.1) is 0 Å². The van der Waals surface area contributed by atoms with Gasteiger partial charge < -0.3 is 14.5 Å². The predicted octanol–water partition coefficient (Wildman–Crippen LogP) is 5.09. The van der Waals surface area contributed by atoms with Gasteiger partial charge >= 0.3 is 0 Å². The van der Waals surface area contributed by atoms with Crippen LogP contribution in [0.15, 0.2) is 35.2 Å². The van der Waals surface area contributed by atoms with Crippen LogP contribution in [0.25, 0.3) is 17.3 Å². The Morgan fingerprint density at radius 1 is 1.13 bits per heavy atom. The number of rotatable bonds is 5. The molecule has 1 aliphatic heterocycles. The fourth-order valence-electron chi connectivity index (χ4n) is 5.06. The maximum atomic E-state index is 13.1. The number of benzene rings is 1. The lowest BCUT2D eigenvalue weighted by Crippen LogP contribution is -2.41. The number of carbonyl (C=O) groups is 1. The summed E-state index contributed by atoms with van der Waals surface area (Å²) in [6.45, 7) is 0. The third-order valence-corrected chi connectivity index (χ3v) is 7.84. The number of aromatic nitrogens is 1. The molecule has 2 bridgehead atoms. The molecule has 2 heterocycles. The van der Waals surface area contributed by atoms with Crippen molar-refractivity contribution < 1.29 is 14.3 Å². The number of amides is 1. The molecule has 1 N–H and O–H groups in total. The van der Waals surface area contributed by atoms with Crippen LogP contribution in [-0.2, 0) is 4.79 Å². The summed E-state index contributed by atoms with van der Waals surface area (Å²) in [5, 5.41) is 0. The molecular weight excluding hydrogens is 416 g/mol. The van der Waals surface area contributed by atoms with Crippen molar-refractivity contribution in [1.82, 2.24) is 9.88 Å². The van der Waals surface area contributed by atoms with Gasteiger partial charge in [-0.2, -0.15) is 0 Å². The summed E-state index contributed by atoms with van der Waals surface area (Å²) in [4.78, 5) is 19.1. The second-order valence-electron chi connectivity index (χ2n) is 8.22. The number of carbonyl (C=O) groups excluding carboxylic acids is 1. The monoisotopic (exact) mass is 440 g/mol. The molecule has 156 valence electrons. The van der Waals surface area contributed by atoms with E-state index in [4.69, 9.17) is 21.7 Å². The molecule has 5 nitrogen and oxygen atoms in total. The maximum Gasteiger partial charge on any atom is 0.266 e. The van der Waals surface area contributed by atoms with Gasteiger partial charge in [0.25, 0.3) is 5.91 Å². The van der Waals surface area contributed by atoms with Crippen LogP contribution in [0.5, 0.6) is 11.5 Å². The van der Waals surface area contributed by atoms with E-state index in [1.54, 1.807) is 14.2 Å². The number of hydrogen-bond donors (Lipinski definition) is 1. The van der Waals surface area contributed by atoms with E-state index >= 15 is 0 Å². The molecule has 1 amide bonds. The van der Waals surface area contributed by atoms with E-state index in [-0.39, 0.29) is 5.91 Å². The fraction of sp³-hybridized carbons (Fsp3) is 0.391. The Kier molecular flexibility index (Phi) is 5.11. The molecule has 1 aromatic heterocycles. The van der Waals surface area contributed by atoms with Crippen molar-refractivity contribution in [2.45, 2.75) is 31.7 Å². The molecule has 2 saturated carbocycles. The van der Waals surface area contributed by atoms with Crippen LogP contribution in [0.4, 0.5) is 0 Å². The number of nitrogens with one attached hydrogen (secondary N) is 1. The Morgan fingerprint density at radius 3 is 2.53 bits per heavy atom. The number of hydrogen-bond acceptors (Lipinski definition) is 5. The number of H-pyrrole nitrogens is 1. The van der Waals surface area contributed by atoms with Gasteiger partial charge in [0.05, 0.1) is 19.1 Å². The number of fused-ring (bicyclic) bond motifs is 2. The van der Waals surface area contributed by atoms with Gasteiger partial charge in [-0.05, 0) is 61.4 Å². The van der Waals surface area contributed by atoms with Crippen molar-refractivity contribution >= 4 is 40.3 Å². The van der Waals surface area contributed by atoms with Crippen LogP contribution in [0.1, 0.15) is 31.4 Å². The zero-order valence-electron chi connectivity index (χ0n) is 17.0. The first kappa shape index (κ1) is 19.7. The maximum absolute atomic E-state index is 13.1. The molecule has 3 fully saturated rings. The van der Waals surface area contributed by atoms with E-state index in [1.807, 2.05) is 41.3 Å². The van der Waals surface area contributed by atoms with Gasteiger partial charge in [-0.3, -0.25) is 9.69 Å². The highest BCUT2D eigenvalue weighted by atomic mass is 32.2. The molecule has 0 spiro atoms. The number of methoxy groups -OCH3 is 2. The zero-order valence-corrected chi connectivity index (χ0v) is 18.6. The second kappa shape index (κ2) is 7.78. The fourth-order valence-corrected chi connectivity index (χ4v) is 6.43. The Morgan fingerprint density at radius 2 is 1.90 bits per heavy atom. The van der Waals surface area contributed by atoms with E-state index in [0.29, 0.717) is 21.2 Å². The minimum Gasteiger partial charge on any atom is -0.497 e. The van der Waals surface area contributed by atoms with E-state index in [2.05, 4.69) is 4.98 Å². The molecular formula is C23H24N2O3S2. The van der Waals surface area contributed by atoms with Crippen LogP contribution in [-0.4, -0.2) is 40.4 Å². The standard InChI is InChI=1S/C23H24N2O3S2/c1-27-17-9-15(10-18(12-17)28-2)19-6-5-16(24-19)11-21-22(26)25(23(29)30-21)20-8-13-3-4-14(20)7-13/h5-6,9-14,20,24H,3-4,7-8H2,1-2H3/b21-11-. The van der Waals surface area contributed by atoms with Crippen LogP contribution in [0, 0.1) is 11.8 Å². The van der Waals surface area contributed by atoms with Gasteiger partial charge in [0.2, 0.25) is 0 Å². The van der Waals surface area contributed by atoms with Crippen molar-refractivity contribution in [2.75, 3.05) is 14.2 Å². The topological polar surface area (TPSA) is 54.6 Å². The molecule has 30 heavy (non-hydrogen) atoms. The number of thiocarbonyl (C=S) groups is 1. The quantitative estimate of drug-likeness (QED) is 0.519. The normalized spacial score (nSPS) is 26.8. The highest BCUT2D eigenvalue weighted by Crippen LogP contribution is 2.49. The van der Waals surface area contributed by atoms with Crippen molar-refractivity contribution in [2.24, 2.45) is 11.8 Å². The number of ether oxygens (including phenoxy) is 2. The lowest BCUT2D eigenvalue weighted by atomic mass is 9.94. The summed E-state index contributed by atoms with van der Waals surface area (Å²) in [6.07, 6.45) is 6.81. The van der Waals surface area contributed by atoms with Crippen molar-refractivity contribution in [3.63, 3.8) is 0 Å². The van der Waals surface area contributed by atoms with Gasteiger partial charge in [0.15, 0.2) is 0 Å².